The van der Waals surface area contributed by atoms with Crippen LogP contribution in [0.2, 0.25) is 0 Å². The van der Waals surface area contributed by atoms with E-state index in [0.717, 1.165) is 23.1 Å². The Kier molecular flexibility index (Phi) is 3.13. The second-order valence-electron chi connectivity index (χ2n) is 4.44. The number of carbonyl (C=O) groups is 1. The maximum Gasteiger partial charge on any atom is 0.303 e. The summed E-state index contributed by atoms with van der Waals surface area (Å²) in [5.74, 6) is 0.0181. The molecule has 2 rings (SSSR count). The van der Waals surface area contributed by atoms with Gasteiger partial charge in [-0.15, -0.1) is 0 Å². The molecule has 17 heavy (non-hydrogen) atoms. The molecule has 1 heterocycles. The molecule has 0 radical (unpaired) electrons. The van der Waals surface area contributed by atoms with Crippen LogP contribution in [0.4, 0.5) is 0 Å². The van der Waals surface area contributed by atoms with Crippen molar-refractivity contribution >= 4 is 17.1 Å². The summed E-state index contributed by atoms with van der Waals surface area (Å²) in [6, 6.07) is 5.81. The molecule has 4 nitrogen and oxygen atoms in total. The van der Waals surface area contributed by atoms with Gasteiger partial charge in [-0.1, -0.05) is 13.0 Å². The lowest BCUT2D eigenvalue weighted by Crippen LogP contribution is -2.06. The van der Waals surface area contributed by atoms with Gasteiger partial charge < -0.3 is 9.52 Å². The van der Waals surface area contributed by atoms with E-state index in [1.807, 2.05) is 32.0 Å². The third-order valence-corrected chi connectivity index (χ3v) is 2.67. The van der Waals surface area contributed by atoms with Crippen molar-refractivity contribution < 1.29 is 14.3 Å². The molecule has 90 valence electrons. The highest BCUT2D eigenvalue weighted by atomic mass is 16.4. The average Bonchev–Trinajstić information content (AvgIpc) is 2.55. The van der Waals surface area contributed by atoms with Crippen LogP contribution >= 0.6 is 0 Å². The molecular formula is C13H15NO3. The summed E-state index contributed by atoms with van der Waals surface area (Å²) in [5.41, 5.74) is 2.71. The minimum Gasteiger partial charge on any atom is -0.481 e. The van der Waals surface area contributed by atoms with Crippen molar-refractivity contribution in [2.45, 2.75) is 26.7 Å². The highest BCUT2D eigenvalue weighted by Crippen LogP contribution is 2.19. The molecule has 0 aliphatic carbocycles. The summed E-state index contributed by atoms with van der Waals surface area (Å²) in [6.07, 6.45) is 0.935. The van der Waals surface area contributed by atoms with E-state index in [-0.39, 0.29) is 12.3 Å². The van der Waals surface area contributed by atoms with Crippen molar-refractivity contribution in [3.8, 4) is 0 Å². The summed E-state index contributed by atoms with van der Waals surface area (Å²) in [4.78, 5) is 14.8. The molecule has 0 amide bonds. The minimum atomic E-state index is -0.754. The highest BCUT2D eigenvalue weighted by Gasteiger charge is 2.10. The van der Waals surface area contributed by atoms with Gasteiger partial charge in [0.15, 0.2) is 11.5 Å². The van der Waals surface area contributed by atoms with Crippen molar-refractivity contribution in [3.63, 3.8) is 0 Å². The molecule has 1 N–H and O–H groups in total. The van der Waals surface area contributed by atoms with Crippen molar-refractivity contribution in [1.82, 2.24) is 4.98 Å². The van der Waals surface area contributed by atoms with Crippen LogP contribution < -0.4 is 0 Å². The van der Waals surface area contributed by atoms with Gasteiger partial charge in [0.1, 0.15) is 5.52 Å². The number of carboxylic acids is 1. The molecule has 0 spiro atoms. The van der Waals surface area contributed by atoms with Gasteiger partial charge >= 0.3 is 5.97 Å². The van der Waals surface area contributed by atoms with E-state index in [9.17, 15) is 4.79 Å². The smallest absolute Gasteiger partial charge is 0.303 e. The monoisotopic (exact) mass is 233 g/mol. The van der Waals surface area contributed by atoms with Gasteiger partial charge in [0, 0.05) is 13.3 Å². The second-order valence-corrected chi connectivity index (χ2v) is 4.44. The lowest BCUT2D eigenvalue weighted by molar-refractivity contribution is -0.137. The van der Waals surface area contributed by atoms with Gasteiger partial charge in [-0.25, -0.2) is 4.98 Å². The molecule has 0 aliphatic rings. The number of nitrogens with zero attached hydrogens (tertiary/aromatic N) is 1. The van der Waals surface area contributed by atoms with Gasteiger partial charge in [-0.2, -0.15) is 0 Å². The van der Waals surface area contributed by atoms with E-state index in [4.69, 9.17) is 9.52 Å². The first-order valence-corrected chi connectivity index (χ1v) is 5.62. The molecule has 1 aromatic carbocycles. The number of carboxylic acid groups (broad SMARTS) is 1. The predicted molar refractivity (Wildman–Crippen MR) is 63.9 cm³/mol. The number of benzene rings is 1. The summed E-state index contributed by atoms with van der Waals surface area (Å²) in [5, 5.41) is 8.71. The fourth-order valence-corrected chi connectivity index (χ4v) is 1.99. The van der Waals surface area contributed by atoms with E-state index in [1.165, 1.54) is 0 Å². The topological polar surface area (TPSA) is 63.3 Å². The van der Waals surface area contributed by atoms with Crippen LogP contribution in [-0.2, 0) is 11.2 Å². The van der Waals surface area contributed by atoms with Gasteiger partial charge in [0.25, 0.3) is 0 Å². The SMILES string of the molecule is Cc1nc2cc(CC(C)CC(=O)O)ccc2o1. The van der Waals surface area contributed by atoms with E-state index in [2.05, 4.69) is 4.98 Å². The molecule has 1 aromatic heterocycles. The molecule has 0 aliphatic heterocycles. The highest BCUT2D eigenvalue weighted by molar-refractivity contribution is 5.73. The Morgan fingerprint density at radius 2 is 2.29 bits per heavy atom. The molecule has 1 atom stereocenters. The van der Waals surface area contributed by atoms with Crippen molar-refractivity contribution in [1.29, 1.82) is 0 Å². The first-order valence-electron chi connectivity index (χ1n) is 5.62. The fraction of sp³-hybridized carbons (Fsp3) is 0.385. The molecule has 0 saturated heterocycles. The summed E-state index contributed by atoms with van der Waals surface area (Å²) < 4.78 is 5.39. The lowest BCUT2D eigenvalue weighted by Gasteiger charge is -2.07. The quantitative estimate of drug-likeness (QED) is 0.881. The zero-order valence-electron chi connectivity index (χ0n) is 9.93. The van der Waals surface area contributed by atoms with Gasteiger partial charge in [-0.3, -0.25) is 4.79 Å². The number of aliphatic carboxylic acids is 1. The second kappa shape index (κ2) is 4.57. The number of rotatable bonds is 4. The Morgan fingerprint density at radius 1 is 1.53 bits per heavy atom. The Morgan fingerprint density at radius 3 is 3.00 bits per heavy atom. The Balaban J connectivity index is 2.16. The summed E-state index contributed by atoms with van der Waals surface area (Å²) in [6.45, 7) is 3.75. The van der Waals surface area contributed by atoms with Crippen LogP contribution in [0.15, 0.2) is 22.6 Å². The molecular weight excluding hydrogens is 218 g/mol. The zero-order valence-corrected chi connectivity index (χ0v) is 9.93. The van der Waals surface area contributed by atoms with Gasteiger partial charge in [-0.05, 0) is 30.0 Å². The first-order chi connectivity index (χ1) is 8.04. The fourth-order valence-electron chi connectivity index (χ4n) is 1.99. The number of oxazole rings is 1. The average molecular weight is 233 g/mol. The summed E-state index contributed by atoms with van der Waals surface area (Å²) >= 11 is 0. The minimum absolute atomic E-state index is 0.123. The Bertz CT molecular complexity index is 545. The summed E-state index contributed by atoms with van der Waals surface area (Å²) in [7, 11) is 0. The normalized spacial score (nSPS) is 12.8. The number of fused-ring (bicyclic) bond motifs is 1. The van der Waals surface area contributed by atoms with Gasteiger partial charge in [0.05, 0.1) is 0 Å². The Labute approximate surface area is 99.3 Å². The molecule has 0 bridgehead atoms. The van der Waals surface area contributed by atoms with Crippen molar-refractivity contribution in [2.24, 2.45) is 5.92 Å². The van der Waals surface area contributed by atoms with E-state index in [0.29, 0.717) is 5.89 Å². The van der Waals surface area contributed by atoms with Gasteiger partial charge in [0.2, 0.25) is 0 Å². The van der Waals surface area contributed by atoms with E-state index in [1.54, 1.807) is 0 Å². The van der Waals surface area contributed by atoms with E-state index >= 15 is 0 Å². The molecule has 4 heteroatoms. The predicted octanol–water partition coefficient (Wildman–Crippen LogP) is 2.79. The number of aryl methyl sites for hydroxylation is 1. The third kappa shape index (κ3) is 2.84. The maximum absolute atomic E-state index is 10.6. The van der Waals surface area contributed by atoms with Crippen LogP contribution in [0, 0.1) is 12.8 Å². The number of hydrogen-bond donors (Lipinski definition) is 1. The molecule has 1 unspecified atom stereocenters. The number of aromatic nitrogens is 1. The maximum atomic E-state index is 10.6. The van der Waals surface area contributed by atoms with Crippen molar-refractivity contribution in [3.05, 3.63) is 29.7 Å². The van der Waals surface area contributed by atoms with Crippen LogP contribution in [0.25, 0.3) is 11.1 Å². The van der Waals surface area contributed by atoms with Crippen LogP contribution in [0.3, 0.4) is 0 Å². The molecule has 2 aromatic rings. The van der Waals surface area contributed by atoms with Crippen LogP contribution in [0.5, 0.6) is 0 Å². The third-order valence-electron chi connectivity index (χ3n) is 2.67. The number of hydrogen-bond acceptors (Lipinski definition) is 3. The standard InChI is InChI=1S/C13H15NO3/c1-8(6-13(15)16)5-10-3-4-12-11(7-10)14-9(2)17-12/h3-4,7-8H,5-6H2,1-2H3,(H,15,16). The molecule has 0 fully saturated rings. The Hall–Kier alpha value is -1.84. The largest absolute Gasteiger partial charge is 0.481 e. The van der Waals surface area contributed by atoms with E-state index < -0.39 is 5.97 Å². The van der Waals surface area contributed by atoms with Crippen LogP contribution in [0.1, 0.15) is 24.8 Å². The van der Waals surface area contributed by atoms with Crippen molar-refractivity contribution in [2.75, 3.05) is 0 Å². The van der Waals surface area contributed by atoms with Crippen LogP contribution in [-0.4, -0.2) is 16.1 Å². The zero-order chi connectivity index (χ0) is 12.4. The molecule has 0 saturated carbocycles. The lowest BCUT2D eigenvalue weighted by atomic mass is 9.98. The first kappa shape index (κ1) is 11.6.